The Morgan fingerprint density at radius 1 is 1.12 bits per heavy atom. The maximum absolute atomic E-state index is 12.5. The zero-order valence-corrected chi connectivity index (χ0v) is 15.3. The number of aromatic amines is 1. The average Bonchev–Trinajstić information content (AvgIpc) is 3.15. The van der Waals surface area contributed by atoms with Gasteiger partial charge in [-0.05, 0) is 47.4 Å². The lowest BCUT2D eigenvalue weighted by atomic mass is 10.00. The van der Waals surface area contributed by atoms with Crippen molar-refractivity contribution >= 4 is 10.0 Å². The van der Waals surface area contributed by atoms with Crippen LogP contribution < -0.4 is 4.72 Å². The summed E-state index contributed by atoms with van der Waals surface area (Å²) in [5, 5.41) is 15.8. The van der Waals surface area contributed by atoms with Gasteiger partial charge in [-0.2, -0.15) is 5.10 Å². The molecule has 0 amide bonds. The van der Waals surface area contributed by atoms with Gasteiger partial charge in [-0.1, -0.05) is 30.3 Å². The minimum atomic E-state index is -3.56. The topological polar surface area (TPSA) is 95.1 Å². The Morgan fingerprint density at radius 3 is 2.50 bits per heavy atom. The minimum Gasteiger partial charge on any atom is -0.392 e. The van der Waals surface area contributed by atoms with Crippen LogP contribution in [0.4, 0.5) is 0 Å². The van der Waals surface area contributed by atoms with Crippen molar-refractivity contribution in [3.63, 3.8) is 0 Å². The molecule has 136 valence electrons. The van der Waals surface area contributed by atoms with E-state index in [1.165, 1.54) is 0 Å². The molecule has 6 nitrogen and oxygen atoms in total. The van der Waals surface area contributed by atoms with Gasteiger partial charge in [0.15, 0.2) is 0 Å². The zero-order valence-electron chi connectivity index (χ0n) is 14.4. The fraction of sp³-hybridized carbons (Fsp3) is 0.211. The van der Waals surface area contributed by atoms with E-state index in [2.05, 4.69) is 14.9 Å². The number of aliphatic hydroxyl groups excluding tert-OH is 1. The standard InChI is InChI=1S/C19H21N3O3S/c1-14-12-18(26(24,25)21-11-9-17-8-10-20-22-17)6-7-19(14)16-4-2-15(13-23)3-5-16/h2-8,10,12,21,23H,9,11,13H2,1H3,(H,20,22). The largest absolute Gasteiger partial charge is 0.392 e. The number of aromatic nitrogens is 2. The van der Waals surface area contributed by atoms with E-state index in [-0.39, 0.29) is 11.5 Å². The molecule has 3 N–H and O–H groups in total. The number of hydrogen-bond donors (Lipinski definition) is 3. The summed E-state index contributed by atoms with van der Waals surface area (Å²) in [4.78, 5) is 0.246. The Kier molecular flexibility index (Phi) is 5.51. The van der Waals surface area contributed by atoms with Crippen molar-refractivity contribution in [3.8, 4) is 11.1 Å². The highest BCUT2D eigenvalue weighted by Gasteiger charge is 2.15. The summed E-state index contributed by atoms with van der Waals surface area (Å²) < 4.78 is 27.6. The van der Waals surface area contributed by atoms with Crippen LogP contribution in [-0.4, -0.2) is 30.3 Å². The lowest BCUT2D eigenvalue weighted by Crippen LogP contribution is -2.26. The van der Waals surface area contributed by atoms with Gasteiger partial charge >= 0.3 is 0 Å². The van der Waals surface area contributed by atoms with Crippen molar-refractivity contribution in [2.45, 2.75) is 24.8 Å². The van der Waals surface area contributed by atoms with Gasteiger partial charge in [0.2, 0.25) is 10.0 Å². The molecule has 7 heteroatoms. The predicted molar refractivity (Wildman–Crippen MR) is 100 cm³/mol. The first-order valence-corrected chi connectivity index (χ1v) is 9.76. The van der Waals surface area contributed by atoms with Crippen LogP contribution in [-0.2, 0) is 23.1 Å². The van der Waals surface area contributed by atoms with E-state index in [4.69, 9.17) is 5.11 Å². The summed E-state index contributed by atoms with van der Waals surface area (Å²) in [6.45, 7) is 2.19. The number of rotatable bonds is 7. The fourth-order valence-corrected chi connectivity index (χ4v) is 3.86. The van der Waals surface area contributed by atoms with Crippen molar-refractivity contribution in [3.05, 3.63) is 71.5 Å². The van der Waals surface area contributed by atoms with Crippen LogP contribution in [0.3, 0.4) is 0 Å². The minimum absolute atomic E-state index is 0.000656. The second-order valence-electron chi connectivity index (χ2n) is 6.06. The van der Waals surface area contributed by atoms with Crippen LogP contribution in [0.15, 0.2) is 59.6 Å². The molecular formula is C19H21N3O3S. The molecule has 0 radical (unpaired) electrons. The first-order chi connectivity index (χ1) is 12.5. The lowest BCUT2D eigenvalue weighted by molar-refractivity contribution is 0.282. The molecule has 0 saturated carbocycles. The molecule has 3 aromatic rings. The van der Waals surface area contributed by atoms with Gasteiger partial charge in [0, 0.05) is 24.9 Å². The van der Waals surface area contributed by atoms with Gasteiger partial charge in [0.25, 0.3) is 0 Å². The van der Waals surface area contributed by atoms with Crippen LogP contribution in [0.5, 0.6) is 0 Å². The van der Waals surface area contributed by atoms with E-state index < -0.39 is 10.0 Å². The molecule has 0 unspecified atom stereocenters. The van der Waals surface area contributed by atoms with Crippen molar-refractivity contribution < 1.29 is 13.5 Å². The third-order valence-corrected chi connectivity index (χ3v) is 5.66. The van der Waals surface area contributed by atoms with Crippen LogP contribution in [0.2, 0.25) is 0 Å². The Bertz CT molecular complexity index is 966. The molecule has 0 spiro atoms. The lowest BCUT2D eigenvalue weighted by Gasteiger charge is -2.11. The molecule has 0 aliphatic carbocycles. The van der Waals surface area contributed by atoms with Gasteiger partial charge in [0.1, 0.15) is 0 Å². The zero-order chi connectivity index (χ0) is 18.6. The molecular weight excluding hydrogens is 350 g/mol. The molecule has 0 fully saturated rings. The molecule has 0 atom stereocenters. The van der Waals surface area contributed by atoms with Crippen molar-refractivity contribution in [1.82, 2.24) is 14.9 Å². The SMILES string of the molecule is Cc1cc(S(=O)(=O)NCCc2ccn[nH]2)ccc1-c1ccc(CO)cc1. The molecule has 0 aliphatic heterocycles. The third-order valence-electron chi connectivity index (χ3n) is 4.20. The third kappa shape index (κ3) is 4.19. The molecule has 0 saturated heterocycles. The molecule has 0 bridgehead atoms. The van der Waals surface area contributed by atoms with Crippen LogP contribution >= 0.6 is 0 Å². The Hall–Kier alpha value is -2.48. The first-order valence-electron chi connectivity index (χ1n) is 8.28. The smallest absolute Gasteiger partial charge is 0.240 e. The molecule has 3 rings (SSSR count). The van der Waals surface area contributed by atoms with E-state index in [0.717, 1.165) is 27.9 Å². The van der Waals surface area contributed by atoms with E-state index in [0.29, 0.717) is 13.0 Å². The average molecular weight is 371 g/mol. The number of sulfonamides is 1. The maximum atomic E-state index is 12.5. The second-order valence-corrected chi connectivity index (χ2v) is 7.83. The Morgan fingerprint density at radius 2 is 1.88 bits per heavy atom. The van der Waals surface area contributed by atoms with Gasteiger partial charge < -0.3 is 5.11 Å². The normalized spacial score (nSPS) is 11.6. The number of H-pyrrole nitrogens is 1. The van der Waals surface area contributed by atoms with E-state index in [1.54, 1.807) is 18.3 Å². The highest BCUT2D eigenvalue weighted by atomic mass is 32.2. The highest BCUT2D eigenvalue weighted by Crippen LogP contribution is 2.26. The fourth-order valence-electron chi connectivity index (χ4n) is 2.74. The predicted octanol–water partition coefficient (Wildman–Crippen LogP) is 2.40. The summed E-state index contributed by atoms with van der Waals surface area (Å²) in [6.07, 6.45) is 2.19. The number of nitrogens with one attached hydrogen (secondary N) is 2. The summed E-state index contributed by atoms with van der Waals surface area (Å²) in [5.41, 5.74) is 4.54. The number of benzene rings is 2. The molecule has 0 aliphatic rings. The molecule has 26 heavy (non-hydrogen) atoms. The Balaban J connectivity index is 1.74. The number of aryl methyl sites for hydroxylation is 1. The van der Waals surface area contributed by atoms with E-state index in [9.17, 15) is 8.42 Å². The molecule has 1 aromatic heterocycles. The van der Waals surface area contributed by atoms with E-state index in [1.807, 2.05) is 43.3 Å². The number of hydrogen-bond acceptors (Lipinski definition) is 4. The van der Waals surface area contributed by atoms with Gasteiger partial charge in [0.05, 0.1) is 11.5 Å². The number of nitrogens with zero attached hydrogens (tertiary/aromatic N) is 1. The van der Waals surface area contributed by atoms with E-state index >= 15 is 0 Å². The van der Waals surface area contributed by atoms with Crippen molar-refractivity contribution in [2.24, 2.45) is 0 Å². The first kappa shape index (κ1) is 18.3. The molecule has 2 aromatic carbocycles. The highest BCUT2D eigenvalue weighted by molar-refractivity contribution is 7.89. The maximum Gasteiger partial charge on any atom is 0.240 e. The van der Waals surface area contributed by atoms with Gasteiger partial charge in [-0.25, -0.2) is 13.1 Å². The summed E-state index contributed by atoms with van der Waals surface area (Å²) in [5.74, 6) is 0. The monoisotopic (exact) mass is 371 g/mol. The van der Waals surface area contributed by atoms with Gasteiger partial charge in [-0.15, -0.1) is 0 Å². The van der Waals surface area contributed by atoms with Gasteiger partial charge in [-0.3, -0.25) is 5.10 Å². The van der Waals surface area contributed by atoms with Crippen molar-refractivity contribution in [2.75, 3.05) is 6.54 Å². The van der Waals surface area contributed by atoms with Crippen molar-refractivity contribution in [1.29, 1.82) is 0 Å². The van der Waals surface area contributed by atoms with Crippen LogP contribution in [0.1, 0.15) is 16.8 Å². The van der Waals surface area contributed by atoms with Crippen LogP contribution in [0, 0.1) is 6.92 Å². The second kappa shape index (κ2) is 7.82. The quantitative estimate of drug-likeness (QED) is 0.594. The Labute approximate surface area is 153 Å². The number of aliphatic hydroxyl groups is 1. The molecule has 1 heterocycles. The summed E-state index contributed by atoms with van der Waals surface area (Å²) in [6, 6.07) is 14.5. The summed E-state index contributed by atoms with van der Waals surface area (Å²) in [7, 11) is -3.56. The van der Waals surface area contributed by atoms with Crippen LogP contribution in [0.25, 0.3) is 11.1 Å². The summed E-state index contributed by atoms with van der Waals surface area (Å²) >= 11 is 0.